The normalized spacial score (nSPS) is 24.7. The highest BCUT2D eigenvalue weighted by Crippen LogP contribution is 2.60. The van der Waals surface area contributed by atoms with Crippen molar-refractivity contribution in [3.05, 3.63) is 94.3 Å². The molecular weight excluding hydrogens is 513 g/mol. The van der Waals surface area contributed by atoms with E-state index in [1.807, 2.05) is 73.7 Å². The van der Waals surface area contributed by atoms with Crippen LogP contribution in [-0.4, -0.2) is 41.9 Å². The quantitative estimate of drug-likeness (QED) is 0.263. The Kier molecular flexibility index (Phi) is 6.13. The molecule has 0 radical (unpaired) electrons. The summed E-state index contributed by atoms with van der Waals surface area (Å²) in [7, 11) is -3.22. The van der Waals surface area contributed by atoms with Gasteiger partial charge in [-0.3, -0.25) is 14.7 Å². The fourth-order valence-corrected chi connectivity index (χ4v) is 9.27. The van der Waals surface area contributed by atoms with Crippen molar-refractivity contribution in [3.8, 4) is 5.69 Å². The maximum atomic E-state index is 15.6. The van der Waals surface area contributed by atoms with Crippen LogP contribution in [-0.2, 0) is 21.7 Å². The number of aliphatic hydroxyl groups excluding tert-OH is 1. The molecule has 0 aliphatic carbocycles. The highest BCUT2D eigenvalue weighted by molar-refractivity contribution is 6.72. The monoisotopic (exact) mass is 545 g/mol. The third-order valence-electron chi connectivity index (χ3n) is 8.41. The second-order valence-corrected chi connectivity index (χ2v) is 15.0. The fourth-order valence-electron chi connectivity index (χ4n) is 6.73. The van der Waals surface area contributed by atoms with Crippen molar-refractivity contribution < 1.29 is 18.7 Å². The highest BCUT2D eigenvalue weighted by Gasteiger charge is 2.66. The zero-order valence-electron chi connectivity index (χ0n) is 22.2. The third-order valence-corrected chi connectivity index (χ3v) is 10.9. The van der Waals surface area contributed by atoms with Crippen LogP contribution in [0.2, 0.25) is 18.6 Å². The molecule has 202 valence electrons. The number of hydrogen-bond acceptors (Lipinski definition) is 4. The van der Waals surface area contributed by atoms with Crippen molar-refractivity contribution in [1.29, 1.82) is 0 Å². The van der Waals surface area contributed by atoms with Gasteiger partial charge in [-0.25, -0.2) is 4.68 Å². The molecule has 1 amide bonds. The number of H-pyrrole nitrogens is 1. The van der Waals surface area contributed by atoms with Gasteiger partial charge in [0.05, 0.1) is 34.9 Å². The van der Waals surface area contributed by atoms with Crippen LogP contribution in [0.3, 0.4) is 0 Å². The van der Waals surface area contributed by atoms with Crippen LogP contribution in [0, 0.1) is 5.92 Å². The Labute approximate surface area is 227 Å². The number of fused-ring (bicyclic) bond motifs is 3. The highest BCUT2D eigenvalue weighted by atomic mass is 28.4. The molecule has 2 aliphatic heterocycles. The molecule has 0 unspecified atom stereocenters. The van der Waals surface area contributed by atoms with Gasteiger partial charge in [0.1, 0.15) is 0 Å². The Hall–Kier alpha value is -3.53. The number of aliphatic hydroxyl groups is 1. The summed E-state index contributed by atoms with van der Waals surface area (Å²) in [4.78, 5) is 28.8. The summed E-state index contributed by atoms with van der Waals surface area (Å²) >= 11 is 0. The lowest BCUT2D eigenvalue weighted by Crippen LogP contribution is -2.45. The maximum absolute atomic E-state index is 15.6. The molecule has 4 atom stereocenters. The first kappa shape index (κ1) is 25.7. The molecule has 7 nitrogen and oxygen atoms in total. The summed E-state index contributed by atoms with van der Waals surface area (Å²) in [6.45, 7) is 5.41. The Balaban J connectivity index is 1.34. The van der Waals surface area contributed by atoms with Crippen LogP contribution in [0.15, 0.2) is 77.6 Å². The second-order valence-electron chi connectivity index (χ2n) is 11.2. The second kappa shape index (κ2) is 9.29. The number of nitrogens with one attached hydrogen (secondary N) is 1. The Bertz CT molecular complexity index is 1610. The van der Waals surface area contributed by atoms with Crippen molar-refractivity contribution in [1.82, 2.24) is 9.78 Å². The summed E-state index contributed by atoms with van der Waals surface area (Å²) in [5.74, 6) is -0.577. The number of rotatable bonds is 6. The van der Waals surface area contributed by atoms with E-state index in [0.717, 1.165) is 22.3 Å². The van der Waals surface area contributed by atoms with Crippen molar-refractivity contribution in [2.24, 2.45) is 5.92 Å². The Morgan fingerprint density at radius 3 is 2.41 bits per heavy atom. The molecule has 0 saturated carbocycles. The molecule has 39 heavy (non-hydrogen) atoms. The molecular formula is C30H32FN3O4Si. The standard InChI is InChI=1S/C30H32FN3O4Si/c1-19-27(39(2,3)31)26(16-17-35)38-30(19)23-9-5-7-11-25(23)33(29(30)37)18-20-12-14-21(15-13-20)34-28(36)22-8-4-6-10-24(22)32-34/h4-15,19,26-27,32,35H,16-18H2,1-3H3/t19-,26+,27-,30+/m0/s1. The van der Waals surface area contributed by atoms with Crippen LogP contribution in [0.25, 0.3) is 16.6 Å². The number of halogens is 1. The average Bonchev–Trinajstić information content (AvgIpc) is 3.49. The zero-order valence-corrected chi connectivity index (χ0v) is 23.2. The molecule has 4 aromatic rings. The van der Waals surface area contributed by atoms with Crippen LogP contribution in [0.5, 0.6) is 0 Å². The summed E-state index contributed by atoms with van der Waals surface area (Å²) in [5, 5.41) is 13.5. The van der Waals surface area contributed by atoms with Gasteiger partial charge >= 0.3 is 0 Å². The first-order valence-electron chi connectivity index (χ1n) is 13.3. The minimum absolute atomic E-state index is 0.123. The molecule has 1 fully saturated rings. The predicted molar refractivity (Wildman–Crippen MR) is 151 cm³/mol. The van der Waals surface area contributed by atoms with Gasteiger partial charge < -0.3 is 18.9 Å². The summed E-state index contributed by atoms with van der Waals surface area (Å²) < 4.78 is 23.6. The van der Waals surface area contributed by atoms with E-state index in [1.165, 1.54) is 4.68 Å². The minimum atomic E-state index is -3.22. The van der Waals surface area contributed by atoms with Crippen molar-refractivity contribution in [3.63, 3.8) is 0 Å². The molecule has 6 rings (SSSR count). The molecule has 1 aromatic heterocycles. The van der Waals surface area contributed by atoms with E-state index in [4.69, 9.17) is 4.74 Å². The van der Waals surface area contributed by atoms with E-state index in [2.05, 4.69) is 5.10 Å². The fraction of sp³-hybridized carbons (Fsp3) is 0.333. The van der Waals surface area contributed by atoms with Gasteiger partial charge in [-0.1, -0.05) is 49.4 Å². The summed E-state index contributed by atoms with van der Waals surface area (Å²) in [5.41, 5.74) is 2.03. The van der Waals surface area contributed by atoms with Crippen LogP contribution in [0.4, 0.5) is 9.80 Å². The zero-order chi connectivity index (χ0) is 27.5. The molecule has 2 aliphatic rings. The number of para-hydroxylation sites is 2. The number of nitrogens with zero attached hydrogens (tertiary/aromatic N) is 2. The van der Waals surface area contributed by atoms with E-state index >= 15 is 4.11 Å². The van der Waals surface area contributed by atoms with Crippen molar-refractivity contribution in [2.45, 2.75) is 50.2 Å². The maximum Gasteiger partial charge on any atom is 0.279 e. The summed E-state index contributed by atoms with van der Waals surface area (Å²) in [6.07, 6.45) is -0.233. The Morgan fingerprint density at radius 2 is 1.72 bits per heavy atom. The van der Waals surface area contributed by atoms with E-state index in [9.17, 15) is 14.7 Å². The van der Waals surface area contributed by atoms with E-state index in [1.54, 1.807) is 24.1 Å². The lowest BCUT2D eigenvalue weighted by molar-refractivity contribution is -0.146. The number of anilines is 1. The largest absolute Gasteiger partial charge is 0.396 e. The van der Waals surface area contributed by atoms with Gasteiger partial charge in [0.25, 0.3) is 11.5 Å². The molecule has 3 aromatic carbocycles. The number of hydrogen-bond donors (Lipinski definition) is 2. The van der Waals surface area contributed by atoms with Gasteiger partial charge in [0.15, 0.2) is 5.60 Å². The lowest BCUT2D eigenvalue weighted by atomic mass is 9.82. The molecule has 9 heteroatoms. The lowest BCUT2D eigenvalue weighted by Gasteiger charge is -2.31. The topological polar surface area (TPSA) is 87.6 Å². The van der Waals surface area contributed by atoms with Gasteiger partial charge in [0.2, 0.25) is 8.41 Å². The first-order chi connectivity index (χ1) is 18.7. The van der Waals surface area contributed by atoms with Crippen molar-refractivity contribution >= 4 is 30.9 Å². The summed E-state index contributed by atoms with van der Waals surface area (Å²) in [6, 6.07) is 22.5. The number of carbonyl (C=O) groups is 1. The van der Waals surface area contributed by atoms with Crippen LogP contribution >= 0.6 is 0 Å². The van der Waals surface area contributed by atoms with E-state index in [-0.39, 0.29) is 24.0 Å². The third kappa shape index (κ3) is 3.90. The van der Waals surface area contributed by atoms with E-state index < -0.39 is 25.7 Å². The average molecular weight is 546 g/mol. The molecule has 3 heterocycles. The first-order valence-corrected chi connectivity index (χ1v) is 16.3. The van der Waals surface area contributed by atoms with Crippen molar-refractivity contribution in [2.75, 3.05) is 11.5 Å². The number of amides is 1. The van der Waals surface area contributed by atoms with Gasteiger partial charge in [-0.2, -0.15) is 0 Å². The molecule has 1 saturated heterocycles. The van der Waals surface area contributed by atoms with Gasteiger partial charge in [-0.05, 0) is 55.4 Å². The minimum Gasteiger partial charge on any atom is -0.396 e. The van der Waals surface area contributed by atoms with Crippen LogP contribution in [0.1, 0.15) is 24.5 Å². The van der Waals surface area contributed by atoms with Gasteiger partial charge in [-0.15, -0.1) is 0 Å². The van der Waals surface area contributed by atoms with E-state index in [0.29, 0.717) is 24.0 Å². The molecule has 2 N–H and O–H groups in total. The number of ether oxygens (including phenoxy) is 1. The van der Waals surface area contributed by atoms with Gasteiger partial charge in [0, 0.05) is 23.6 Å². The Morgan fingerprint density at radius 1 is 1.03 bits per heavy atom. The number of carbonyl (C=O) groups excluding carboxylic acids is 1. The predicted octanol–water partition coefficient (Wildman–Crippen LogP) is 5.02. The molecule has 1 spiro atoms. The SMILES string of the molecule is C[C@H]1[C@H]([Si](C)(C)F)[C@@H](CCO)O[C@]12C(=O)N(Cc1ccc(-n3[nH]c4ccccc4c3=O)cc1)c1ccccc12. The van der Waals surface area contributed by atoms with Crippen LogP contribution < -0.4 is 10.5 Å². The number of benzene rings is 3. The number of aromatic nitrogens is 2. The number of aromatic amines is 1. The smallest absolute Gasteiger partial charge is 0.279 e. The molecule has 0 bridgehead atoms.